The average molecular weight is 228 g/mol. The van der Waals surface area contributed by atoms with Crippen molar-refractivity contribution in [3.05, 3.63) is 41.7 Å². The van der Waals surface area contributed by atoms with Gasteiger partial charge in [0.05, 0.1) is 11.4 Å². The first-order valence-electron chi connectivity index (χ1n) is 5.63. The number of benzene rings is 1. The second kappa shape index (κ2) is 4.37. The van der Waals surface area contributed by atoms with Crippen molar-refractivity contribution in [1.29, 1.82) is 0 Å². The maximum atomic E-state index is 4.74. The molecule has 0 unspecified atom stereocenters. The minimum Gasteiger partial charge on any atom is -0.278 e. The first-order valence-corrected chi connectivity index (χ1v) is 5.63. The fourth-order valence-corrected chi connectivity index (χ4v) is 1.88. The zero-order valence-corrected chi connectivity index (χ0v) is 9.26. The molecule has 0 fully saturated rings. The lowest BCUT2D eigenvalue weighted by atomic mass is 9.99. The second-order valence-corrected chi connectivity index (χ2v) is 3.95. The first-order chi connectivity index (χ1) is 8.43. The molecule has 0 atom stereocenters. The normalized spacial score (nSPS) is 16.8. The van der Waals surface area contributed by atoms with E-state index in [0.29, 0.717) is 0 Å². The zero-order valence-electron chi connectivity index (χ0n) is 9.26. The fraction of sp³-hybridized carbons (Fsp3) is 0.250. The smallest absolute Gasteiger partial charge is 0.154 e. The summed E-state index contributed by atoms with van der Waals surface area (Å²) in [6.07, 6.45) is 2.86. The van der Waals surface area contributed by atoms with Crippen LogP contribution in [0.3, 0.4) is 0 Å². The molecule has 1 N–H and O–H groups in total. The van der Waals surface area contributed by atoms with Crippen LogP contribution in [0.15, 0.2) is 40.1 Å². The molecule has 1 aliphatic rings. The van der Waals surface area contributed by atoms with Gasteiger partial charge >= 0.3 is 0 Å². The molecule has 0 amide bonds. The van der Waals surface area contributed by atoms with Gasteiger partial charge in [-0.25, -0.2) is 4.63 Å². The van der Waals surface area contributed by atoms with Gasteiger partial charge in [-0.15, -0.1) is 0 Å². The summed E-state index contributed by atoms with van der Waals surface area (Å²) in [5, 5.41) is 12.1. The van der Waals surface area contributed by atoms with Gasteiger partial charge in [-0.2, -0.15) is 5.10 Å². The molecule has 1 aromatic carbocycles. The van der Waals surface area contributed by atoms with Crippen LogP contribution in [0.1, 0.15) is 24.2 Å². The minimum absolute atomic E-state index is 0.791. The van der Waals surface area contributed by atoms with Gasteiger partial charge in [-0.1, -0.05) is 23.4 Å². The Morgan fingerprint density at radius 2 is 2.00 bits per heavy atom. The largest absolute Gasteiger partial charge is 0.278 e. The monoisotopic (exact) mass is 228 g/mol. The Balaban J connectivity index is 1.82. The molecule has 0 saturated carbocycles. The molecule has 5 nitrogen and oxygen atoms in total. The van der Waals surface area contributed by atoms with Gasteiger partial charge in [0, 0.05) is 0 Å². The van der Waals surface area contributed by atoms with Crippen molar-refractivity contribution < 1.29 is 4.63 Å². The third-order valence-corrected chi connectivity index (χ3v) is 2.75. The lowest BCUT2D eigenvalue weighted by molar-refractivity contribution is 0.303. The Bertz CT molecular complexity index is 532. The Hall–Kier alpha value is -2.17. The van der Waals surface area contributed by atoms with E-state index in [1.165, 1.54) is 0 Å². The highest BCUT2D eigenvalue weighted by Crippen LogP contribution is 2.18. The summed E-state index contributed by atoms with van der Waals surface area (Å²) in [7, 11) is 0. The van der Waals surface area contributed by atoms with Crippen LogP contribution in [-0.4, -0.2) is 16.0 Å². The van der Waals surface area contributed by atoms with Gasteiger partial charge in [0.25, 0.3) is 0 Å². The van der Waals surface area contributed by atoms with E-state index < -0.39 is 0 Å². The molecule has 0 radical (unpaired) electrons. The van der Waals surface area contributed by atoms with Crippen molar-refractivity contribution in [2.75, 3.05) is 5.43 Å². The van der Waals surface area contributed by atoms with Gasteiger partial charge in [0.1, 0.15) is 5.69 Å². The molecule has 0 saturated heterocycles. The number of aromatic nitrogens is 2. The van der Waals surface area contributed by atoms with Gasteiger partial charge < -0.3 is 0 Å². The number of nitrogens with zero attached hydrogens (tertiary/aromatic N) is 3. The van der Waals surface area contributed by atoms with E-state index in [4.69, 9.17) is 4.63 Å². The lowest BCUT2D eigenvalue weighted by Gasteiger charge is -2.10. The van der Waals surface area contributed by atoms with Crippen LogP contribution in [0.2, 0.25) is 0 Å². The van der Waals surface area contributed by atoms with Crippen LogP contribution in [0.5, 0.6) is 0 Å². The van der Waals surface area contributed by atoms with Crippen LogP contribution >= 0.6 is 0 Å². The van der Waals surface area contributed by atoms with Gasteiger partial charge in [-0.05, 0) is 36.6 Å². The number of hydrazone groups is 1. The third-order valence-electron chi connectivity index (χ3n) is 2.75. The number of hydrogen-bond acceptors (Lipinski definition) is 5. The maximum Gasteiger partial charge on any atom is 0.154 e. The number of aryl methyl sites for hydroxylation is 1. The summed E-state index contributed by atoms with van der Waals surface area (Å²) >= 11 is 0. The van der Waals surface area contributed by atoms with Crippen molar-refractivity contribution >= 4 is 11.4 Å². The molecule has 86 valence electrons. The fourth-order valence-electron chi connectivity index (χ4n) is 1.88. The SMILES string of the molecule is c1ccc(NN=C2CCCc3nonc32)cc1. The Kier molecular flexibility index (Phi) is 2.57. The molecule has 0 aliphatic heterocycles. The summed E-state index contributed by atoms with van der Waals surface area (Å²) in [5.74, 6) is 0. The predicted molar refractivity (Wildman–Crippen MR) is 63.8 cm³/mol. The van der Waals surface area contributed by atoms with Crippen LogP contribution < -0.4 is 5.43 Å². The highest BCUT2D eigenvalue weighted by atomic mass is 16.6. The first kappa shape index (κ1) is 10.0. The average Bonchev–Trinajstić information content (AvgIpc) is 2.86. The molecular formula is C12H12N4O. The maximum absolute atomic E-state index is 4.74. The van der Waals surface area contributed by atoms with Crippen molar-refractivity contribution in [2.45, 2.75) is 19.3 Å². The molecule has 17 heavy (non-hydrogen) atoms. The summed E-state index contributed by atoms with van der Waals surface area (Å²) < 4.78 is 4.74. The van der Waals surface area contributed by atoms with E-state index >= 15 is 0 Å². The summed E-state index contributed by atoms with van der Waals surface area (Å²) in [6, 6.07) is 9.83. The quantitative estimate of drug-likeness (QED) is 0.800. The lowest BCUT2D eigenvalue weighted by Crippen LogP contribution is -2.13. The third kappa shape index (κ3) is 2.04. The minimum atomic E-state index is 0.791. The van der Waals surface area contributed by atoms with E-state index in [0.717, 1.165) is 42.0 Å². The second-order valence-electron chi connectivity index (χ2n) is 3.95. The van der Waals surface area contributed by atoms with E-state index in [1.54, 1.807) is 0 Å². The van der Waals surface area contributed by atoms with Crippen molar-refractivity contribution in [3.63, 3.8) is 0 Å². The van der Waals surface area contributed by atoms with Crippen molar-refractivity contribution in [3.8, 4) is 0 Å². The summed E-state index contributed by atoms with van der Waals surface area (Å²) in [6.45, 7) is 0. The Labute approximate surface area is 98.5 Å². The van der Waals surface area contributed by atoms with Gasteiger partial charge in [0.15, 0.2) is 5.69 Å². The van der Waals surface area contributed by atoms with Crippen LogP contribution in [0.25, 0.3) is 0 Å². The van der Waals surface area contributed by atoms with Gasteiger partial charge in [-0.3, -0.25) is 5.43 Å². The number of nitrogens with one attached hydrogen (secondary N) is 1. The van der Waals surface area contributed by atoms with Crippen LogP contribution in [0, 0.1) is 0 Å². The highest BCUT2D eigenvalue weighted by Gasteiger charge is 2.21. The number of hydrogen-bond donors (Lipinski definition) is 1. The molecule has 0 bridgehead atoms. The molecule has 2 aromatic rings. The topological polar surface area (TPSA) is 63.3 Å². The Morgan fingerprint density at radius 1 is 1.12 bits per heavy atom. The zero-order chi connectivity index (χ0) is 11.5. The molecule has 1 aliphatic carbocycles. The van der Waals surface area contributed by atoms with Crippen LogP contribution in [0.4, 0.5) is 5.69 Å². The molecule has 0 spiro atoms. The number of anilines is 1. The van der Waals surface area contributed by atoms with E-state index in [9.17, 15) is 0 Å². The molecule has 1 aromatic heterocycles. The summed E-state index contributed by atoms with van der Waals surface area (Å²) in [4.78, 5) is 0. The standard InChI is InChI=1S/C12H12N4O/c1-2-5-9(6-3-1)13-14-10-7-4-8-11-12(10)16-17-15-11/h1-3,5-6,13H,4,7-8H2. The van der Waals surface area contributed by atoms with E-state index in [-0.39, 0.29) is 0 Å². The van der Waals surface area contributed by atoms with E-state index in [1.807, 2.05) is 30.3 Å². The van der Waals surface area contributed by atoms with Crippen LogP contribution in [-0.2, 0) is 6.42 Å². The number of rotatable bonds is 2. The highest BCUT2D eigenvalue weighted by molar-refractivity contribution is 6.00. The molecule has 3 rings (SSSR count). The van der Waals surface area contributed by atoms with Crippen molar-refractivity contribution in [2.24, 2.45) is 5.10 Å². The molecule has 5 heteroatoms. The molecular weight excluding hydrogens is 216 g/mol. The summed E-state index contributed by atoms with van der Waals surface area (Å²) in [5.41, 5.74) is 6.60. The van der Waals surface area contributed by atoms with Gasteiger partial charge in [0.2, 0.25) is 0 Å². The number of para-hydroxylation sites is 1. The Morgan fingerprint density at radius 3 is 2.88 bits per heavy atom. The number of fused-ring (bicyclic) bond motifs is 1. The van der Waals surface area contributed by atoms with E-state index in [2.05, 4.69) is 20.8 Å². The predicted octanol–water partition coefficient (Wildman–Crippen LogP) is 2.22. The van der Waals surface area contributed by atoms with Crippen molar-refractivity contribution in [1.82, 2.24) is 10.3 Å². The molecule has 1 heterocycles.